The average Bonchev–Trinajstić information content (AvgIpc) is 2.49. The van der Waals surface area contributed by atoms with Gasteiger partial charge in [-0.2, -0.15) is 13.9 Å². The zero-order valence-corrected chi connectivity index (χ0v) is 11.2. The first-order chi connectivity index (χ1) is 10.5. The molecule has 0 heterocycles. The van der Waals surface area contributed by atoms with Crippen LogP contribution in [-0.2, 0) is 0 Å². The first kappa shape index (κ1) is 15.4. The fourth-order valence-electron chi connectivity index (χ4n) is 1.58. The second-order valence-corrected chi connectivity index (χ2v) is 4.19. The van der Waals surface area contributed by atoms with Crippen LogP contribution in [0.1, 0.15) is 15.9 Å². The Balaban J connectivity index is 1.91. The Morgan fingerprint density at radius 3 is 2.36 bits per heavy atom. The number of phenolic OH excluding ortho intramolecular Hbond substituents is 1. The maximum absolute atomic E-state index is 12.0. The zero-order valence-electron chi connectivity index (χ0n) is 11.2. The lowest BCUT2D eigenvalue weighted by Crippen LogP contribution is -2.17. The fourth-order valence-corrected chi connectivity index (χ4v) is 1.58. The third-order valence-corrected chi connectivity index (χ3v) is 2.61. The van der Waals surface area contributed by atoms with E-state index >= 15 is 0 Å². The minimum Gasteiger partial charge on any atom is -0.508 e. The van der Waals surface area contributed by atoms with Gasteiger partial charge in [-0.3, -0.25) is 4.79 Å². The van der Waals surface area contributed by atoms with E-state index in [1.165, 1.54) is 54.7 Å². The Morgan fingerprint density at radius 1 is 1.14 bits per heavy atom. The molecule has 0 radical (unpaired) electrons. The van der Waals surface area contributed by atoms with Gasteiger partial charge in [0.25, 0.3) is 5.91 Å². The number of carbonyl (C=O) groups is 1. The Morgan fingerprint density at radius 2 is 1.77 bits per heavy atom. The third kappa shape index (κ3) is 4.55. The van der Waals surface area contributed by atoms with Crippen LogP contribution < -0.4 is 10.2 Å². The highest BCUT2D eigenvalue weighted by atomic mass is 19.3. The molecule has 5 nitrogen and oxygen atoms in total. The van der Waals surface area contributed by atoms with Crippen molar-refractivity contribution in [3.63, 3.8) is 0 Å². The Bertz CT molecular complexity index is 655. The lowest BCUT2D eigenvalue weighted by Gasteiger charge is -2.03. The number of alkyl halides is 2. The molecule has 0 aliphatic heterocycles. The van der Waals surface area contributed by atoms with Gasteiger partial charge >= 0.3 is 6.61 Å². The van der Waals surface area contributed by atoms with Crippen molar-refractivity contribution in [1.29, 1.82) is 0 Å². The van der Waals surface area contributed by atoms with Crippen LogP contribution in [0, 0.1) is 0 Å². The number of hydrogen-bond acceptors (Lipinski definition) is 4. The molecule has 22 heavy (non-hydrogen) atoms. The quantitative estimate of drug-likeness (QED) is 0.659. The number of hydrazone groups is 1. The Labute approximate surface area is 124 Å². The van der Waals surface area contributed by atoms with E-state index in [0.29, 0.717) is 11.1 Å². The molecule has 114 valence electrons. The second kappa shape index (κ2) is 7.16. The van der Waals surface area contributed by atoms with Gasteiger partial charge in [-0.25, -0.2) is 5.43 Å². The number of aromatic hydroxyl groups is 1. The maximum Gasteiger partial charge on any atom is 0.387 e. The summed E-state index contributed by atoms with van der Waals surface area (Å²) in [6, 6.07) is 11.5. The van der Waals surface area contributed by atoms with Crippen molar-refractivity contribution in [3.8, 4) is 11.5 Å². The Kier molecular flexibility index (Phi) is 5.02. The standard InChI is InChI=1S/C15H12F2N2O3/c16-15(17)22-13-7-1-10(2-8-13)9-18-19-14(21)11-3-5-12(20)6-4-11/h1-9,15,20H,(H,19,21). The molecular weight excluding hydrogens is 294 g/mol. The summed E-state index contributed by atoms with van der Waals surface area (Å²) in [5.41, 5.74) is 3.26. The van der Waals surface area contributed by atoms with Gasteiger partial charge in [0.1, 0.15) is 11.5 Å². The molecule has 0 aliphatic rings. The van der Waals surface area contributed by atoms with Gasteiger partial charge in [-0.05, 0) is 54.1 Å². The minimum atomic E-state index is -2.87. The molecule has 2 rings (SSSR count). The van der Waals surface area contributed by atoms with Crippen LogP contribution in [-0.4, -0.2) is 23.8 Å². The summed E-state index contributed by atoms with van der Waals surface area (Å²) in [5.74, 6) is -0.333. The van der Waals surface area contributed by atoms with Gasteiger partial charge in [0.15, 0.2) is 0 Å². The molecule has 0 aliphatic carbocycles. The molecular formula is C15H12F2N2O3. The van der Waals surface area contributed by atoms with Crippen molar-refractivity contribution in [1.82, 2.24) is 5.43 Å². The van der Waals surface area contributed by atoms with E-state index < -0.39 is 12.5 Å². The Hall–Kier alpha value is -2.96. The van der Waals surface area contributed by atoms with Crippen molar-refractivity contribution in [2.45, 2.75) is 6.61 Å². The van der Waals surface area contributed by atoms with E-state index in [1.807, 2.05) is 0 Å². The summed E-state index contributed by atoms with van der Waals surface area (Å²) in [4.78, 5) is 11.7. The van der Waals surface area contributed by atoms with Gasteiger partial charge in [0.05, 0.1) is 6.21 Å². The predicted octanol–water partition coefficient (Wildman–Crippen LogP) is 2.76. The third-order valence-electron chi connectivity index (χ3n) is 2.61. The number of hydrogen-bond donors (Lipinski definition) is 2. The minimum absolute atomic E-state index is 0.0419. The van der Waals surface area contributed by atoms with Gasteiger partial charge in [-0.1, -0.05) is 0 Å². The van der Waals surface area contributed by atoms with Crippen molar-refractivity contribution >= 4 is 12.1 Å². The van der Waals surface area contributed by atoms with Crippen LogP contribution in [0.3, 0.4) is 0 Å². The average molecular weight is 306 g/mol. The summed E-state index contributed by atoms with van der Waals surface area (Å²) in [7, 11) is 0. The molecule has 0 saturated carbocycles. The molecule has 0 spiro atoms. The van der Waals surface area contributed by atoms with E-state index in [1.54, 1.807) is 0 Å². The zero-order chi connectivity index (χ0) is 15.9. The molecule has 0 fully saturated rings. The molecule has 0 aromatic heterocycles. The normalized spacial score (nSPS) is 10.9. The molecule has 1 amide bonds. The highest BCUT2D eigenvalue weighted by Gasteiger charge is 2.04. The van der Waals surface area contributed by atoms with Crippen LogP contribution >= 0.6 is 0 Å². The van der Waals surface area contributed by atoms with Gasteiger partial charge in [-0.15, -0.1) is 0 Å². The highest BCUT2D eigenvalue weighted by molar-refractivity contribution is 5.94. The van der Waals surface area contributed by atoms with Crippen LogP contribution in [0.2, 0.25) is 0 Å². The molecule has 2 aromatic rings. The number of phenols is 1. The first-order valence-electron chi connectivity index (χ1n) is 6.22. The van der Waals surface area contributed by atoms with Gasteiger partial charge in [0, 0.05) is 5.56 Å². The summed E-state index contributed by atoms with van der Waals surface area (Å²) in [6.45, 7) is -2.87. The van der Waals surface area contributed by atoms with Gasteiger partial charge < -0.3 is 9.84 Å². The number of rotatable bonds is 5. The molecule has 0 unspecified atom stereocenters. The van der Waals surface area contributed by atoms with E-state index in [-0.39, 0.29) is 11.5 Å². The topological polar surface area (TPSA) is 70.9 Å². The second-order valence-electron chi connectivity index (χ2n) is 4.19. The van der Waals surface area contributed by atoms with Crippen molar-refractivity contribution < 1.29 is 23.4 Å². The number of carbonyl (C=O) groups excluding carboxylic acids is 1. The maximum atomic E-state index is 12.0. The van der Waals surface area contributed by atoms with Crippen molar-refractivity contribution in [3.05, 3.63) is 59.7 Å². The van der Waals surface area contributed by atoms with Crippen LogP contribution in [0.15, 0.2) is 53.6 Å². The molecule has 0 saturated heterocycles. The fraction of sp³-hybridized carbons (Fsp3) is 0.0667. The molecule has 7 heteroatoms. The number of halogens is 2. The van der Waals surface area contributed by atoms with Crippen LogP contribution in [0.25, 0.3) is 0 Å². The highest BCUT2D eigenvalue weighted by Crippen LogP contribution is 2.14. The summed E-state index contributed by atoms with van der Waals surface area (Å²) < 4.78 is 28.2. The molecule has 0 atom stereocenters. The van der Waals surface area contributed by atoms with E-state index in [9.17, 15) is 13.6 Å². The summed E-state index contributed by atoms with van der Waals surface area (Å²) in [5, 5.41) is 12.9. The van der Waals surface area contributed by atoms with Crippen LogP contribution in [0.4, 0.5) is 8.78 Å². The van der Waals surface area contributed by atoms with E-state index in [2.05, 4.69) is 15.3 Å². The number of nitrogens with one attached hydrogen (secondary N) is 1. The van der Waals surface area contributed by atoms with E-state index in [0.717, 1.165) is 0 Å². The number of ether oxygens (including phenoxy) is 1. The number of amides is 1. The lowest BCUT2D eigenvalue weighted by molar-refractivity contribution is -0.0498. The van der Waals surface area contributed by atoms with Gasteiger partial charge in [0.2, 0.25) is 0 Å². The number of benzene rings is 2. The lowest BCUT2D eigenvalue weighted by atomic mass is 10.2. The van der Waals surface area contributed by atoms with Crippen molar-refractivity contribution in [2.75, 3.05) is 0 Å². The summed E-state index contributed by atoms with van der Waals surface area (Å²) in [6.07, 6.45) is 1.37. The molecule has 2 aromatic carbocycles. The predicted molar refractivity (Wildman–Crippen MR) is 76.2 cm³/mol. The summed E-state index contributed by atoms with van der Waals surface area (Å²) >= 11 is 0. The SMILES string of the molecule is O=C(NN=Cc1ccc(OC(F)F)cc1)c1ccc(O)cc1. The monoisotopic (exact) mass is 306 g/mol. The van der Waals surface area contributed by atoms with E-state index in [4.69, 9.17) is 5.11 Å². The largest absolute Gasteiger partial charge is 0.508 e. The smallest absolute Gasteiger partial charge is 0.387 e. The van der Waals surface area contributed by atoms with Crippen LogP contribution in [0.5, 0.6) is 11.5 Å². The van der Waals surface area contributed by atoms with Crippen molar-refractivity contribution in [2.24, 2.45) is 5.10 Å². The molecule has 2 N–H and O–H groups in total. The number of nitrogens with zero attached hydrogens (tertiary/aromatic N) is 1. The molecule has 0 bridgehead atoms. The first-order valence-corrected chi connectivity index (χ1v) is 6.22.